The SMILES string of the molecule is CN(CC(=O)N1CCN(S(=O)(=O)c2ccc(F)c(F)c2F)CC1)S(C)(=O)=O. The Morgan fingerprint density at radius 2 is 1.59 bits per heavy atom. The summed E-state index contributed by atoms with van der Waals surface area (Å²) < 4.78 is 89.5. The molecule has 0 saturated carbocycles. The van der Waals surface area contributed by atoms with E-state index in [4.69, 9.17) is 0 Å². The van der Waals surface area contributed by atoms with Crippen LogP contribution in [0, 0.1) is 17.5 Å². The molecule has 0 aromatic heterocycles. The molecule has 1 aromatic rings. The highest BCUT2D eigenvalue weighted by Gasteiger charge is 2.33. The van der Waals surface area contributed by atoms with Gasteiger partial charge in [-0.3, -0.25) is 4.79 Å². The van der Waals surface area contributed by atoms with Crippen molar-refractivity contribution < 1.29 is 34.8 Å². The molecule has 1 amide bonds. The van der Waals surface area contributed by atoms with E-state index in [1.165, 1.54) is 11.9 Å². The zero-order valence-electron chi connectivity index (χ0n) is 14.5. The first-order valence-corrected chi connectivity index (χ1v) is 11.0. The molecule has 0 N–H and O–H groups in total. The number of halogens is 3. The lowest BCUT2D eigenvalue weighted by molar-refractivity contribution is -0.132. The summed E-state index contributed by atoms with van der Waals surface area (Å²) in [4.78, 5) is 12.4. The van der Waals surface area contributed by atoms with Crippen molar-refractivity contribution in [3.05, 3.63) is 29.6 Å². The molecule has 13 heteroatoms. The van der Waals surface area contributed by atoms with Gasteiger partial charge in [-0.1, -0.05) is 0 Å². The molecule has 8 nitrogen and oxygen atoms in total. The number of carbonyl (C=O) groups is 1. The Morgan fingerprint density at radius 1 is 1.04 bits per heavy atom. The Morgan fingerprint density at radius 3 is 2.11 bits per heavy atom. The number of likely N-dealkylation sites (N-methyl/N-ethyl adjacent to an activating group) is 1. The number of benzene rings is 1. The first kappa shape index (κ1) is 21.6. The fourth-order valence-electron chi connectivity index (χ4n) is 2.43. The van der Waals surface area contributed by atoms with Crippen molar-refractivity contribution in [3.63, 3.8) is 0 Å². The molecule has 0 radical (unpaired) electrons. The maximum Gasteiger partial charge on any atom is 0.246 e. The number of nitrogens with zero attached hydrogens (tertiary/aromatic N) is 3. The second-order valence-electron chi connectivity index (χ2n) is 5.98. The predicted octanol–water partition coefficient (Wildman–Crippen LogP) is -0.172. The van der Waals surface area contributed by atoms with Crippen molar-refractivity contribution in [2.45, 2.75) is 4.90 Å². The zero-order chi connectivity index (χ0) is 20.6. The topological polar surface area (TPSA) is 95.1 Å². The van der Waals surface area contributed by atoms with Gasteiger partial charge >= 0.3 is 0 Å². The van der Waals surface area contributed by atoms with Crippen LogP contribution < -0.4 is 0 Å². The van der Waals surface area contributed by atoms with Crippen LogP contribution in [0.5, 0.6) is 0 Å². The number of hydrogen-bond donors (Lipinski definition) is 0. The fraction of sp³-hybridized carbons (Fsp3) is 0.500. The Bertz CT molecular complexity index is 945. The molecule has 1 heterocycles. The lowest BCUT2D eigenvalue weighted by Gasteiger charge is -2.34. The molecule has 0 unspecified atom stereocenters. The van der Waals surface area contributed by atoms with E-state index in [9.17, 15) is 34.8 Å². The smallest absolute Gasteiger partial charge is 0.246 e. The number of rotatable bonds is 5. The summed E-state index contributed by atoms with van der Waals surface area (Å²) in [7, 11) is -6.73. The monoisotopic (exact) mass is 429 g/mol. The Labute approximate surface area is 155 Å². The molecule has 1 aromatic carbocycles. The van der Waals surface area contributed by atoms with Crippen LogP contribution in [-0.4, -0.2) is 82.3 Å². The second kappa shape index (κ2) is 7.73. The number of sulfonamides is 2. The molecular weight excluding hydrogens is 411 g/mol. The van der Waals surface area contributed by atoms with Crippen LogP contribution >= 0.6 is 0 Å². The van der Waals surface area contributed by atoms with E-state index in [-0.39, 0.29) is 26.2 Å². The zero-order valence-corrected chi connectivity index (χ0v) is 16.2. The fourth-order valence-corrected chi connectivity index (χ4v) is 4.26. The molecule has 1 aliphatic rings. The van der Waals surface area contributed by atoms with E-state index in [0.29, 0.717) is 12.1 Å². The third-order valence-electron chi connectivity index (χ3n) is 4.13. The molecule has 2 rings (SSSR count). The van der Waals surface area contributed by atoms with E-state index in [0.717, 1.165) is 14.9 Å². The summed E-state index contributed by atoms with van der Waals surface area (Å²) in [6, 6.07) is 1.16. The summed E-state index contributed by atoms with van der Waals surface area (Å²) >= 11 is 0. The summed E-state index contributed by atoms with van der Waals surface area (Å²) in [6.45, 7) is -0.907. The average molecular weight is 429 g/mol. The number of hydrogen-bond acceptors (Lipinski definition) is 5. The Kier molecular flexibility index (Phi) is 6.19. The van der Waals surface area contributed by atoms with Gasteiger partial charge in [0, 0.05) is 33.2 Å². The summed E-state index contributed by atoms with van der Waals surface area (Å²) in [5.41, 5.74) is 0. The summed E-state index contributed by atoms with van der Waals surface area (Å²) in [5, 5.41) is 0. The summed E-state index contributed by atoms with van der Waals surface area (Å²) in [6.07, 6.45) is 0.946. The molecule has 1 saturated heterocycles. The van der Waals surface area contributed by atoms with Gasteiger partial charge in [0.15, 0.2) is 17.5 Å². The van der Waals surface area contributed by atoms with E-state index >= 15 is 0 Å². The van der Waals surface area contributed by atoms with Crippen LogP contribution in [-0.2, 0) is 24.8 Å². The lowest BCUT2D eigenvalue weighted by Crippen LogP contribution is -2.52. The number of amides is 1. The molecule has 1 fully saturated rings. The van der Waals surface area contributed by atoms with Crippen molar-refractivity contribution in [3.8, 4) is 0 Å². The number of carbonyl (C=O) groups excluding carboxylic acids is 1. The van der Waals surface area contributed by atoms with Gasteiger partial charge in [-0.2, -0.15) is 8.61 Å². The van der Waals surface area contributed by atoms with Gasteiger partial charge in [-0.15, -0.1) is 0 Å². The maximum absolute atomic E-state index is 13.8. The minimum Gasteiger partial charge on any atom is -0.339 e. The van der Waals surface area contributed by atoms with Gasteiger partial charge in [0.2, 0.25) is 26.0 Å². The predicted molar refractivity (Wildman–Crippen MR) is 89.1 cm³/mol. The van der Waals surface area contributed by atoms with Gasteiger partial charge in [-0.05, 0) is 12.1 Å². The highest BCUT2D eigenvalue weighted by atomic mass is 32.2. The van der Waals surface area contributed by atoms with Crippen LogP contribution in [0.1, 0.15) is 0 Å². The first-order chi connectivity index (χ1) is 12.4. The standard InChI is InChI=1S/C14H18F3N3O5S2/c1-18(26(2,22)23)9-12(21)19-5-7-20(8-6-19)27(24,25)11-4-3-10(15)13(16)14(11)17/h3-4H,5-9H2,1-2H3. The molecule has 152 valence electrons. The highest BCUT2D eigenvalue weighted by Crippen LogP contribution is 2.24. The molecule has 0 atom stereocenters. The molecule has 27 heavy (non-hydrogen) atoms. The Hall–Kier alpha value is -1.70. The molecule has 0 aliphatic carbocycles. The van der Waals surface area contributed by atoms with Crippen molar-refractivity contribution in [1.82, 2.24) is 13.5 Å². The average Bonchev–Trinajstić information content (AvgIpc) is 2.58. The van der Waals surface area contributed by atoms with Gasteiger partial charge in [-0.25, -0.2) is 30.0 Å². The first-order valence-electron chi connectivity index (χ1n) is 7.68. The summed E-state index contributed by atoms with van der Waals surface area (Å²) in [5.74, 6) is -5.70. The minimum absolute atomic E-state index is 0.0546. The quantitative estimate of drug-likeness (QED) is 0.606. The maximum atomic E-state index is 13.8. The van der Waals surface area contributed by atoms with Crippen molar-refractivity contribution in [2.75, 3.05) is 46.0 Å². The van der Waals surface area contributed by atoms with Crippen molar-refractivity contribution in [1.29, 1.82) is 0 Å². The van der Waals surface area contributed by atoms with Crippen LogP contribution in [0.3, 0.4) is 0 Å². The van der Waals surface area contributed by atoms with Crippen LogP contribution in [0.2, 0.25) is 0 Å². The molecule has 1 aliphatic heterocycles. The van der Waals surface area contributed by atoms with E-state index in [1.54, 1.807) is 0 Å². The Balaban J connectivity index is 2.09. The normalized spacial score (nSPS) is 16.7. The minimum atomic E-state index is -4.42. The van der Waals surface area contributed by atoms with Gasteiger partial charge < -0.3 is 4.90 Å². The van der Waals surface area contributed by atoms with Crippen molar-refractivity contribution in [2.24, 2.45) is 0 Å². The highest BCUT2D eigenvalue weighted by molar-refractivity contribution is 7.89. The van der Waals surface area contributed by atoms with Crippen LogP contribution in [0.25, 0.3) is 0 Å². The third-order valence-corrected chi connectivity index (χ3v) is 7.31. The lowest BCUT2D eigenvalue weighted by atomic mass is 10.3. The van der Waals surface area contributed by atoms with E-state index in [2.05, 4.69) is 0 Å². The van der Waals surface area contributed by atoms with Crippen LogP contribution in [0.15, 0.2) is 17.0 Å². The van der Waals surface area contributed by atoms with E-state index < -0.39 is 54.8 Å². The van der Waals surface area contributed by atoms with Gasteiger partial charge in [0.1, 0.15) is 4.90 Å². The molecule has 0 bridgehead atoms. The van der Waals surface area contributed by atoms with E-state index in [1.807, 2.05) is 0 Å². The second-order valence-corrected chi connectivity index (χ2v) is 9.97. The third kappa shape index (κ3) is 4.59. The van der Waals surface area contributed by atoms with Crippen molar-refractivity contribution >= 4 is 26.0 Å². The van der Waals surface area contributed by atoms with Gasteiger partial charge in [0.25, 0.3) is 0 Å². The largest absolute Gasteiger partial charge is 0.339 e. The number of piperazine rings is 1. The van der Waals surface area contributed by atoms with Crippen LogP contribution in [0.4, 0.5) is 13.2 Å². The molecular formula is C14H18F3N3O5S2. The van der Waals surface area contributed by atoms with Gasteiger partial charge in [0.05, 0.1) is 12.8 Å². The molecule has 0 spiro atoms.